The van der Waals surface area contributed by atoms with Gasteiger partial charge in [-0.15, -0.1) is 24.0 Å². The van der Waals surface area contributed by atoms with E-state index < -0.39 is 0 Å². The fraction of sp³-hybridized carbons (Fsp3) is 0.562. The van der Waals surface area contributed by atoms with Gasteiger partial charge >= 0.3 is 0 Å². The summed E-state index contributed by atoms with van der Waals surface area (Å²) < 4.78 is 18.5. The molecule has 0 saturated heterocycles. The Morgan fingerprint density at radius 3 is 2.78 bits per heavy atom. The van der Waals surface area contributed by atoms with Crippen LogP contribution in [0.5, 0.6) is 0 Å². The van der Waals surface area contributed by atoms with Crippen molar-refractivity contribution in [3.63, 3.8) is 0 Å². The molecule has 0 aliphatic carbocycles. The van der Waals surface area contributed by atoms with E-state index in [9.17, 15) is 4.39 Å². The summed E-state index contributed by atoms with van der Waals surface area (Å²) in [6, 6.07) is 6.92. The molecule has 2 N–H and O–H groups in total. The predicted octanol–water partition coefficient (Wildman–Crippen LogP) is 3.27. The highest BCUT2D eigenvalue weighted by molar-refractivity contribution is 14.0. The summed E-state index contributed by atoms with van der Waals surface area (Å²) in [5, 5.41) is 6.49. The van der Waals surface area contributed by atoms with E-state index >= 15 is 0 Å². The Bertz CT molecular complexity index is 449. The van der Waals surface area contributed by atoms with Crippen molar-refractivity contribution in [3.05, 3.63) is 35.6 Å². The van der Waals surface area contributed by atoms with Gasteiger partial charge in [-0.25, -0.2) is 4.39 Å². The molecule has 4 nitrogen and oxygen atoms in total. The molecule has 0 aliphatic heterocycles. The maximum absolute atomic E-state index is 13.5. The average molecular weight is 455 g/mol. The number of ether oxygens (including phenoxy) is 1. The molecule has 0 spiro atoms. The Kier molecular flexibility index (Phi) is 14.7. The molecule has 0 radical (unpaired) electrons. The van der Waals surface area contributed by atoms with E-state index in [-0.39, 0.29) is 29.8 Å². The van der Waals surface area contributed by atoms with Gasteiger partial charge in [0, 0.05) is 44.9 Å². The standard InChI is InChI=1S/C16H26FN3OS.HI/c1-3-18-16(19-9-6-11-21-2)20-10-12-22-13-14-7-4-5-8-15(14)17;/h4-5,7-8H,3,6,9-13H2,1-2H3,(H2,18,19,20);1H. The van der Waals surface area contributed by atoms with Gasteiger partial charge in [0.1, 0.15) is 5.82 Å². The Labute approximate surface area is 160 Å². The van der Waals surface area contributed by atoms with E-state index in [0.717, 1.165) is 49.9 Å². The summed E-state index contributed by atoms with van der Waals surface area (Å²) in [6.07, 6.45) is 0.912. The monoisotopic (exact) mass is 455 g/mol. The fourth-order valence-electron chi connectivity index (χ4n) is 1.78. The third-order valence-electron chi connectivity index (χ3n) is 2.87. The second kappa shape index (κ2) is 15.0. The minimum absolute atomic E-state index is 0. The van der Waals surface area contributed by atoms with Crippen LogP contribution in [0.3, 0.4) is 0 Å². The Morgan fingerprint density at radius 1 is 1.30 bits per heavy atom. The molecule has 1 aromatic carbocycles. The number of nitrogens with zero attached hydrogens (tertiary/aromatic N) is 1. The van der Waals surface area contributed by atoms with Crippen molar-refractivity contribution in [2.45, 2.75) is 19.1 Å². The van der Waals surface area contributed by atoms with Crippen molar-refractivity contribution in [1.82, 2.24) is 10.6 Å². The highest BCUT2D eigenvalue weighted by Gasteiger charge is 2.01. The smallest absolute Gasteiger partial charge is 0.191 e. The first-order valence-corrected chi connectivity index (χ1v) is 8.75. The SMILES string of the molecule is CCNC(=NCCCOC)NCCSCc1ccccc1F.I. The largest absolute Gasteiger partial charge is 0.385 e. The van der Waals surface area contributed by atoms with Gasteiger partial charge in [-0.1, -0.05) is 18.2 Å². The zero-order valence-corrected chi connectivity index (χ0v) is 17.0. The maximum atomic E-state index is 13.5. The molecule has 23 heavy (non-hydrogen) atoms. The average Bonchev–Trinajstić information content (AvgIpc) is 2.52. The summed E-state index contributed by atoms with van der Waals surface area (Å²) >= 11 is 1.71. The molecule has 0 unspecified atom stereocenters. The molecule has 0 fully saturated rings. The van der Waals surface area contributed by atoms with Gasteiger partial charge in [0.15, 0.2) is 5.96 Å². The Morgan fingerprint density at radius 2 is 2.09 bits per heavy atom. The van der Waals surface area contributed by atoms with E-state index in [0.29, 0.717) is 5.75 Å². The second-order valence-corrected chi connectivity index (χ2v) is 5.78. The van der Waals surface area contributed by atoms with Crippen LogP contribution in [-0.2, 0) is 10.5 Å². The second-order valence-electron chi connectivity index (χ2n) is 4.68. The summed E-state index contributed by atoms with van der Waals surface area (Å²) in [6.45, 7) is 5.14. The van der Waals surface area contributed by atoms with Crippen molar-refractivity contribution in [2.75, 3.05) is 39.1 Å². The first kappa shape index (κ1) is 22.5. The van der Waals surface area contributed by atoms with Gasteiger partial charge in [-0.05, 0) is 25.0 Å². The van der Waals surface area contributed by atoms with E-state index in [2.05, 4.69) is 15.6 Å². The summed E-state index contributed by atoms with van der Waals surface area (Å²) in [4.78, 5) is 4.47. The van der Waals surface area contributed by atoms with Crippen LogP contribution in [-0.4, -0.2) is 45.1 Å². The Hall–Kier alpha value is -0.540. The molecule has 0 aromatic heterocycles. The lowest BCUT2D eigenvalue weighted by molar-refractivity contribution is 0.197. The van der Waals surface area contributed by atoms with Gasteiger partial charge in [0.05, 0.1) is 0 Å². The van der Waals surface area contributed by atoms with Crippen molar-refractivity contribution >= 4 is 41.7 Å². The van der Waals surface area contributed by atoms with Crippen LogP contribution in [0.25, 0.3) is 0 Å². The normalized spacial score (nSPS) is 11.0. The van der Waals surface area contributed by atoms with Crippen LogP contribution in [0.15, 0.2) is 29.3 Å². The topological polar surface area (TPSA) is 45.7 Å². The predicted molar refractivity (Wildman–Crippen MR) is 108 cm³/mol. The lowest BCUT2D eigenvalue weighted by Crippen LogP contribution is -2.38. The highest BCUT2D eigenvalue weighted by atomic mass is 127. The number of halogens is 2. The molecule has 132 valence electrons. The van der Waals surface area contributed by atoms with Crippen LogP contribution in [0.1, 0.15) is 18.9 Å². The van der Waals surface area contributed by atoms with Crippen molar-refractivity contribution in [2.24, 2.45) is 4.99 Å². The highest BCUT2D eigenvalue weighted by Crippen LogP contribution is 2.14. The molecule has 0 aliphatic rings. The van der Waals surface area contributed by atoms with Gasteiger partial charge in [-0.3, -0.25) is 4.99 Å². The molecular weight excluding hydrogens is 428 g/mol. The zero-order valence-electron chi connectivity index (χ0n) is 13.8. The number of methoxy groups -OCH3 is 1. The van der Waals surface area contributed by atoms with E-state index in [1.54, 1.807) is 24.9 Å². The first-order valence-electron chi connectivity index (χ1n) is 7.60. The van der Waals surface area contributed by atoms with E-state index in [4.69, 9.17) is 4.74 Å². The zero-order chi connectivity index (χ0) is 16.0. The van der Waals surface area contributed by atoms with Crippen LogP contribution in [0.2, 0.25) is 0 Å². The lowest BCUT2D eigenvalue weighted by atomic mass is 10.2. The quantitative estimate of drug-likeness (QED) is 0.246. The number of rotatable bonds is 10. The number of hydrogen-bond acceptors (Lipinski definition) is 3. The number of hydrogen-bond donors (Lipinski definition) is 2. The fourth-order valence-corrected chi connectivity index (χ4v) is 2.63. The van der Waals surface area contributed by atoms with Crippen LogP contribution < -0.4 is 10.6 Å². The van der Waals surface area contributed by atoms with E-state index in [1.165, 1.54) is 6.07 Å². The summed E-state index contributed by atoms with van der Waals surface area (Å²) in [5.41, 5.74) is 0.757. The molecule has 0 amide bonds. The molecule has 0 bridgehead atoms. The maximum Gasteiger partial charge on any atom is 0.191 e. The van der Waals surface area contributed by atoms with Crippen LogP contribution >= 0.6 is 35.7 Å². The molecule has 7 heteroatoms. The first-order chi connectivity index (χ1) is 10.8. The Balaban J connectivity index is 0.00000484. The van der Waals surface area contributed by atoms with Crippen molar-refractivity contribution < 1.29 is 9.13 Å². The van der Waals surface area contributed by atoms with Crippen LogP contribution in [0.4, 0.5) is 4.39 Å². The number of guanidine groups is 1. The van der Waals surface area contributed by atoms with Gasteiger partial charge in [-0.2, -0.15) is 11.8 Å². The number of nitrogens with one attached hydrogen (secondary N) is 2. The van der Waals surface area contributed by atoms with Crippen LogP contribution in [0, 0.1) is 5.82 Å². The molecule has 0 atom stereocenters. The molecule has 0 saturated carbocycles. The molecule has 0 heterocycles. The van der Waals surface area contributed by atoms with Crippen molar-refractivity contribution in [3.8, 4) is 0 Å². The summed E-state index contributed by atoms with van der Waals surface area (Å²) in [5.74, 6) is 2.29. The van der Waals surface area contributed by atoms with Gasteiger partial charge in [0.25, 0.3) is 0 Å². The van der Waals surface area contributed by atoms with E-state index in [1.807, 2.05) is 19.1 Å². The van der Waals surface area contributed by atoms with Gasteiger partial charge in [0.2, 0.25) is 0 Å². The molecule has 1 aromatic rings. The number of aliphatic imine (C=N–C) groups is 1. The third kappa shape index (κ3) is 10.8. The minimum Gasteiger partial charge on any atom is -0.385 e. The van der Waals surface area contributed by atoms with Gasteiger partial charge < -0.3 is 15.4 Å². The number of thioether (sulfide) groups is 1. The molecular formula is C16H27FIN3OS. The lowest BCUT2D eigenvalue weighted by Gasteiger charge is -2.11. The van der Waals surface area contributed by atoms with Crippen molar-refractivity contribution in [1.29, 1.82) is 0 Å². The molecule has 1 rings (SSSR count). The third-order valence-corrected chi connectivity index (χ3v) is 3.88. The number of benzene rings is 1. The minimum atomic E-state index is -0.129. The summed E-state index contributed by atoms with van der Waals surface area (Å²) in [7, 11) is 1.69.